The van der Waals surface area contributed by atoms with Crippen molar-refractivity contribution in [2.45, 2.75) is 40.2 Å². The van der Waals surface area contributed by atoms with Crippen LogP contribution < -0.4 is 14.8 Å². The van der Waals surface area contributed by atoms with Crippen LogP contribution in [-0.2, 0) is 16.1 Å². The third-order valence-electron chi connectivity index (χ3n) is 5.06. The maximum Gasteiger partial charge on any atom is 0.237 e. The summed E-state index contributed by atoms with van der Waals surface area (Å²) >= 11 is 0. The third-order valence-corrected chi connectivity index (χ3v) is 5.06. The molecular weight excluding hydrogens is 320 g/mol. The van der Waals surface area contributed by atoms with Gasteiger partial charge >= 0.3 is 0 Å². The average Bonchev–Trinajstić information content (AvgIpc) is 3.07. The molecule has 2 amide bonds. The first-order valence-corrected chi connectivity index (χ1v) is 8.84. The van der Waals surface area contributed by atoms with Crippen molar-refractivity contribution in [2.24, 2.45) is 11.3 Å². The molecule has 1 N–H and O–H groups in total. The van der Waals surface area contributed by atoms with Gasteiger partial charge in [-0.25, -0.2) is 0 Å². The van der Waals surface area contributed by atoms with Gasteiger partial charge in [0.2, 0.25) is 18.6 Å². The lowest BCUT2D eigenvalue weighted by Crippen LogP contribution is -2.51. The molecule has 0 aromatic heterocycles. The van der Waals surface area contributed by atoms with E-state index in [1.54, 1.807) is 13.8 Å². The Bertz CT molecular complexity index is 663. The van der Waals surface area contributed by atoms with Crippen LogP contribution in [0.25, 0.3) is 0 Å². The number of carbonyl (C=O) groups is 2. The van der Waals surface area contributed by atoms with E-state index in [-0.39, 0.29) is 18.6 Å². The van der Waals surface area contributed by atoms with E-state index in [1.807, 2.05) is 23.1 Å². The molecule has 3 rings (SSSR count). The first-order chi connectivity index (χ1) is 11.9. The first kappa shape index (κ1) is 17.6. The third kappa shape index (κ3) is 3.72. The summed E-state index contributed by atoms with van der Waals surface area (Å²) in [4.78, 5) is 27.2. The Kier molecular flexibility index (Phi) is 4.88. The van der Waals surface area contributed by atoms with Gasteiger partial charge in [-0.05, 0) is 50.3 Å². The minimum absolute atomic E-state index is 0.0948. The fourth-order valence-electron chi connectivity index (χ4n) is 3.16. The Morgan fingerprint density at radius 1 is 1.20 bits per heavy atom. The molecule has 1 aromatic rings. The van der Waals surface area contributed by atoms with E-state index in [2.05, 4.69) is 12.2 Å². The highest BCUT2D eigenvalue weighted by Crippen LogP contribution is 2.32. The summed E-state index contributed by atoms with van der Waals surface area (Å²) in [6.07, 6.45) is 2.00. The summed E-state index contributed by atoms with van der Waals surface area (Å²) in [5.41, 5.74) is -0.163. The smallest absolute Gasteiger partial charge is 0.237 e. The molecule has 2 heterocycles. The summed E-state index contributed by atoms with van der Waals surface area (Å²) in [6.45, 7) is 7.64. The predicted octanol–water partition coefficient (Wildman–Crippen LogP) is 2.32. The molecule has 1 fully saturated rings. The minimum Gasteiger partial charge on any atom is -0.454 e. The highest BCUT2D eigenvalue weighted by Gasteiger charge is 2.39. The molecule has 0 bridgehead atoms. The van der Waals surface area contributed by atoms with Crippen LogP contribution in [0.2, 0.25) is 0 Å². The lowest BCUT2D eigenvalue weighted by Gasteiger charge is -2.35. The summed E-state index contributed by atoms with van der Waals surface area (Å²) in [7, 11) is 0. The first-order valence-electron chi connectivity index (χ1n) is 8.84. The number of carbonyl (C=O) groups excluding carboxylic acids is 2. The quantitative estimate of drug-likeness (QED) is 0.850. The summed E-state index contributed by atoms with van der Waals surface area (Å²) in [5, 5.41) is 2.88. The zero-order valence-corrected chi connectivity index (χ0v) is 15.1. The van der Waals surface area contributed by atoms with Crippen LogP contribution in [0.4, 0.5) is 0 Å². The monoisotopic (exact) mass is 346 g/mol. The van der Waals surface area contributed by atoms with Gasteiger partial charge in [0.05, 0.1) is 0 Å². The predicted molar refractivity (Wildman–Crippen MR) is 93.2 cm³/mol. The standard InChI is InChI=1S/C19H26N2O4/c1-13-6-8-21(9-7-13)18(23)19(2,3)17(22)20-11-14-4-5-15-16(10-14)25-12-24-15/h4-5,10,13H,6-9,11-12H2,1-3H3,(H,20,22). The molecule has 1 aromatic carbocycles. The minimum atomic E-state index is -1.07. The van der Waals surface area contributed by atoms with Crippen molar-refractivity contribution < 1.29 is 19.1 Å². The van der Waals surface area contributed by atoms with E-state index in [1.165, 1.54) is 0 Å². The van der Waals surface area contributed by atoms with Crippen LogP contribution in [0, 0.1) is 11.3 Å². The van der Waals surface area contributed by atoms with Gasteiger partial charge in [0.15, 0.2) is 11.5 Å². The maximum absolute atomic E-state index is 12.8. The van der Waals surface area contributed by atoms with Crippen molar-refractivity contribution in [3.63, 3.8) is 0 Å². The molecule has 2 aliphatic heterocycles. The average molecular weight is 346 g/mol. The lowest BCUT2D eigenvalue weighted by molar-refractivity contribution is -0.149. The van der Waals surface area contributed by atoms with Crippen molar-refractivity contribution in [2.75, 3.05) is 19.9 Å². The second-order valence-electron chi connectivity index (χ2n) is 7.47. The van der Waals surface area contributed by atoms with Crippen LogP contribution in [-0.4, -0.2) is 36.6 Å². The number of nitrogens with one attached hydrogen (secondary N) is 1. The molecule has 136 valence electrons. The molecule has 6 nitrogen and oxygen atoms in total. The number of amides is 2. The van der Waals surface area contributed by atoms with E-state index >= 15 is 0 Å². The molecule has 0 atom stereocenters. The molecule has 25 heavy (non-hydrogen) atoms. The fraction of sp³-hybridized carbons (Fsp3) is 0.579. The van der Waals surface area contributed by atoms with Crippen LogP contribution >= 0.6 is 0 Å². The molecule has 0 aliphatic carbocycles. The fourth-order valence-corrected chi connectivity index (χ4v) is 3.16. The Morgan fingerprint density at radius 3 is 2.60 bits per heavy atom. The van der Waals surface area contributed by atoms with Gasteiger partial charge in [-0.15, -0.1) is 0 Å². The van der Waals surface area contributed by atoms with Crippen molar-refractivity contribution in [3.8, 4) is 11.5 Å². The number of likely N-dealkylation sites (tertiary alicyclic amines) is 1. The number of piperidine rings is 1. The van der Waals surface area contributed by atoms with Gasteiger partial charge in [-0.1, -0.05) is 13.0 Å². The molecule has 0 saturated carbocycles. The van der Waals surface area contributed by atoms with Gasteiger partial charge < -0.3 is 19.7 Å². The highest BCUT2D eigenvalue weighted by molar-refractivity contribution is 6.04. The van der Waals surface area contributed by atoms with Gasteiger partial charge in [-0.2, -0.15) is 0 Å². The number of benzene rings is 1. The van der Waals surface area contributed by atoms with Crippen molar-refractivity contribution in [3.05, 3.63) is 23.8 Å². The molecule has 0 unspecified atom stereocenters. The SMILES string of the molecule is CC1CCN(C(=O)C(C)(C)C(=O)NCc2ccc3c(c2)OCO3)CC1. The van der Waals surface area contributed by atoms with Gasteiger partial charge in [0, 0.05) is 19.6 Å². The second kappa shape index (κ2) is 6.94. The van der Waals surface area contributed by atoms with E-state index in [9.17, 15) is 9.59 Å². The van der Waals surface area contributed by atoms with Crippen LogP contribution in [0.15, 0.2) is 18.2 Å². The summed E-state index contributed by atoms with van der Waals surface area (Å²) < 4.78 is 10.6. The second-order valence-corrected chi connectivity index (χ2v) is 7.47. The van der Waals surface area contributed by atoms with Crippen molar-refractivity contribution in [1.29, 1.82) is 0 Å². The van der Waals surface area contributed by atoms with E-state index in [0.29, 0.717) is 24.0 Å². The zero-order valence-electron chi connectivity index (χ0n) is 15.1. The molecule has 2 aliphatic rings. The largest absolute Gasteiger partial charge is 0.454 e. The van der Waals surface area contributed by atoms with Crippen LogP contribution in [0.5, 0.6) is 11.5 Å². The van der Waals surface area contributed by atoms with E-state index in [4.69, 9.17) is 9.47 Å². The van der Waals surface area contributed by atoms with Crippen molar-refractivity contribution >= 4 is 11.8 Å². The topological polar surface area (TPSA) is 67.9 Å². The molecule has 6 heteroatoms. The molecule has 0 radical (unpaired) electrons. The Balaban J connectivity index is 1.58. The number of hydrogen-bond acceptors (Lipinski definition) is 4. The summed E-state index contributed by atoms with van der Waals surface area (Å²) in [5.74, 6) is 1.69. The molecular formula is C19H26N2O4. The normalized spacial score (nSPS) is 17.5. The Labute approximate surface area is 148 Å². The maximum atomic E-state index is 12.8. The lowest BCUT2D eigenvalue weighted by atomic mass is 9.88. The number of nitrogens with zero attached hydrogens (tertiary/aromatic N) is 1. The number of hydrogen-bond donors (Lipinski definition) is 1. The number of fused-ring (bicyclic) bond motifs is 1. The Hall–Kier alpha value is -2.24. The van der Waals surface area contributed by atoms with E-state index < -0.39 is 5.41 Å². The number of ether oxygens (including phenoxy) is 2. The van der Waals surface area contributed by atoms with Gasteiger partial charge in [0.1, 0.15) is 5.41 Å². The number of rotatable bonds is 4. The highest BCUT2D eigenvalue weighted by atomic mass is 16.7. The van der Waals surface area contributed by atoms with Crippen LogP contribution in [0.3, 0.4) is 0 Å². The van der Waals surface area contributed by atoms with Gasteiger partial charge in [0.25, 0.3) is 0 Å². The molecule has 1 saturated heterocycles. The summed E-state index contributed by atoms with van der Waals surface area (Å²) in [6, 6.07) is 5.56. The van der Waals surface area contributed by atoms with Gasteiger partial charge in [-0.3, -0.25) is 9.59 Å². The molecule has 0 spiro atoms. The van der Waals surface area contributed by atoms with Crippen molar-refractivity contribution in [1.82, 2.24) is 10.2 Å². The van der Waals surface area contributed by atoms with E-state index in [0.717, 1.165) is 31.5 Å². The zero-order chi connectivity index (χ0) is 18.0. The van der Waals surface area contributed by atoms with Crippen LogP contribution in [0.1, 0.15) is 39.2 Å². The Morgan fingerprint density at radius 2 is 1.88 bits per heavy atom.